The van der Waals surface area contributed by atoms with Gasteiger partial charge in [-0.1, -0.05) is 19.3 Å². The molecule has 0 aromatic rings. The van der Waals surface area contributed by atoms with E-state index >= 15 is 0 Å². The molecule has 0 unspecified atom stereocenters. The summed E-state index contributed by atoms with van der Waals surface area (Å²) < 4.78 is 0. The van der Waals surface area contributed by atoms with E-state index in [0.717, 1.165) is 5.75 Å². The summed E-state index contributed by atoms with van der Waals surface area (Å²) in [6.45, 7) is 5.78. The van der Waals surface area contributed by atoms with Crippen LogP contribution >= 0.6 is 12.6 Å². The lowest BCUT2D eigenvalue weighted by Crippen LogP contribution is -2.41. The minimum absolute atomic E-state index is 0.514. The highest BCUT2D eigenvalue weighted by Gasteiger charge is 2.32. The fourth-order valence-electron chi connectivity index (χ4n) is 2.38. The van der Waals surface area contributed by atoms with Crippen LogP contribution < -0.4 is 0 Å². The van der Waals surface area contributed by atoms with Crippen LogP contribution in [0.5, 0.6) is 0 Å². The smallest absolute Gasteiger partial charge is 0.00454 e. The summed E-state index contributed by atoms with van der Waals surface area (Å²) >= 11 is 4.57. The minimum atomic E-state index is 0.514. The Hall–Kier alpha value is 0.310. The predicted molar refractivity (Wildman–Crippen MR) is 67.1 cm³/mol. The van der Waals surface area contributed by atoms with Crippen LogP contribution in [0.15, 0.2) is 0 Å². The van der Waals surface area contributed by atoms with Crippen molar-refractivity contribution in [3.05, 3.63) is 0 Å². The summed E-state index contributed by atoms with van der Waals surface area (Å²) in [6.07, 6.45) is 7.01. The SMILES string of the molecule is CC(C)N(C)CC1(CS)CCCCC1. The Balaban J connectivity index is 2.51. The van der Waals surface area contributed by atoms with Crippen LogP contribution in [0.2, 0.25) is 0 Å². The summed E-state index contributed by atoms with van der Waals surface area (Å²) in [4.78, 5) is 2.47. The van der Waals surface area contributed by atoms with Crippen LogP contribution in [0.4, 0.5) is 0 Å². The van der Waals surface area contributed by atoms with Crippen molar-refractivity contribution in [1.29, 1.82) is 0 Å². The Morgan fingerprint density at radius 2 is 1.79 bits per heavy atom. The average Bonchev–Trinajstić information content (AvgIpc) is 2.19. The lowest BCUT2D eigenvalue weighted by Gasteiger charge is -2.40. The second-order valence-corrected chi connectivity index (χ2v) is 5.54. The minimum Gasteiger partial charge on any atom is -0.303 e. The van der Waals surface area contributed by atoms with E-state index in [1.54, 1.807) is 0 Å². The molecule has 0 atom stereocenters. The van der Waals surface area contributed by atoms with Crippen molar-refractivity contribution in [3.63, 3.8) is 0 Å². The molecule has 0 aliphatic heterocycles. The van der Waals surface area contributed by atoms with E-state index in [1.807, 2.05) is 0 Å². The first-order valence-corrected chi connectivity index (χ1v) is 6.54. The van der Waals surface area contributed by atoms with Crippen molar-refractivity contribution in [2.24, 2.45) is 5.41 Å². The second-order valence-electron chi connectivity index (χ2n) is 5.23. The van der Waals surface area contributed by atoms with Gasteiger partial charge in [0.2, 0.25) is 0 Å². The third kappa shape index (κ3) is 3.16. The zero-order chi connectivity index (χ0) is 10.6. The number of hydrogen-bond acceptors (Lipinski definition) is 2. The Bertz CT molecular complexity index is 162. The van der Waals surface area contributed by atoms with Crippen LogP contribution in [-0.4, -0.2) is 30.3 Å². The Morgan fingerprint density at radius 3 is 2.21 bits per heavy atom. The molecule has 0 aromatic heterocycles. The molecule has 1 saturated carbocycles. The van der Waals surface area contributed by atoms with E-state index in [-0.39, 0.29) is 0 Å². The van der Waals surface area contributed by atoms with Gasteiger partial charge in [0.15, 0.2) is 0 Å². The van der Waals surface area contributed by atoms with Gasteiger partial charge in [-0.25, -0.2) is 0 Å². The van der Waals surface area contributed by atoms with E-state index in [9.17, 15) is 0 Å². The average molecular weight is 215 g/mol. The number of rotatable bonds is 4. The number of nitrogens with zero attached hydrogens (tertiary/aromatic N) is 1. The van der Waals surface area contributed by atoms with E-state index in [0.29, 0.717) is 11.5 Å². The third-order valence-electron chi connectivity index (χ3n) is 3.72. The Morgan fingerprint density at radius 1 is 1.21 bits per heavy atom. The van der Waals surface area contributed by atoms with Crippen LogP contribution in [0.25, 0.3) is 0 Å². The van der Waals surface area contributed by atoms with Crippen LogP contribution in [0, 0.1) is 5.41 Å². The van der Waals surface area contributed by atoms with E-state index in [2.05, 4.69) is 38.4 Å². The van der Waals surface area contributed by atoms with Crippen LogP contribution in [0.3, 0.4) is 0 Å². The standard InChI is InChI=1S/C12H25NS/c1-11(2)13(3)9-12(10-14)7-5-4-6-8-12/h11,14H,4-10H2,1-3H3. The van der Waals surface area contributed by atoms with E-state index in [1.165, 1.54) is 38.6 Å². The highest BCUT2D eigenvalue weighted by molar-refractivity contribution is 7.80. The van der Waals surface area contributed by atoms with Crippen molar-refractivity contribution < 1.29 is 0 Å². The van der Waals surface area contributed by atoms with Gasteiger partial charge < -0.3 is 4.90 Å². The molecule has 1 nitrogen and oxygen atoms in total. The number of hydrogen-bond donors (Lipinski definition) is 1. The van der Waals surface area contributed by atoms with Gasteiger partial charge in [-0.15, -0.1) is 0 Å². The summed E-state index contributed by atoms with van der Waals surface area (Å²) in [5, 5.41) is 0. The van der Waals surface area contributed by atoms with Gasteiger partial charge in [0.25, 0.3) is 0 Å². The fourth-order valence-corrected chi connectivity index (χ4v) is 2.80. The van der Waals surface area contributed by atoms with Gasteiger partial charge in [-0.3, -0.25) is 0 Å². The quantitative estimate of drug-likeness (QED) is 0.705. The Labute approximate surface area is 94.7 Å². The molecule has 0 amide bonds. The molecule has 0 spiro atoms. The Kier molecular flexibility index (Phi) is 4.78. The maximum absolute atomic E-state index is 4.57. The van der Waals surface area contributed by atoms with Crippen molar-refractivity contribution in [2.45, 2.75) is 52.0 Å². The maximum atomic E-state index is 4.57. The van der Waals surface area contributed by atoms with Crippen molar-refractivity contribution >= 4 is 12.6 Å². The molecule has 84 valence electrons. The highest BCUT2D eigenvalue weighted by Crippen LogP contribution is 2.38. The van der Waals surface area contributed by atoms with Crippen molar-refractivity contribution in [1.82, 2.24) is 4.90 Å². The van der Waals surface area contributed by atoms with Crippen LogP contribution in [-0.2, 0) is 0 Å². The molecule has 1 fully saturated rings. The van der Waals surface area contributed by atoms with E-state index < -0.39 is 0 Å². The summed E-state index contributed by atoms with van der Waals surface area (Å²) in [5.41, 5.74) is 0.514. The summed E-state index contributed by atoms with van der Waals surface area (Å²) in [5.74, 6) is 1.06. The molecule has 0 radical (unpaired) electrons. The zero-order valence-corrected chi connectivity index (χ0v) is 10.8. The monoisotopic (exact) mass is 215 g/mol. The van der Waals surface area contributed by atoms with Gasteiger partial charge in [0.1, 0.15) is 0 Å². The molecule has 0 bridgehead atoms. The topological polar surface area (TPSA) is 3.24 Å². The first-order valence-electron chi connectivity index (χ1n) is 5.91. The van der Waals surface area contributed by atoms with Gasteiger partial charge in [0.05, 0.1) is 0 Å². The molecule has 1 rings (SSSR count). The predicted octanol–water partition coefficient (Wildman–Crippen LogP) is 3.21. The third-order valence-corrected chi connectivity index (χ3v) is 4.39. The molecule has 0 aromatic carbocycles. The second kappa shape index (κ2) is 5.41. The van der Waals surface area contributed by atoms with Crippen molar-refractivity contribution in [3.8, 4) is 0 Å². The first kappa shape index (κ1) is 12.4. The van der Waals surface area contributed by atoms with E-state index in [4.69, 9.17) is 0 Å². The first-order chi connectivity index (χ1) is 6.59. The van der Waals surface area contributed by atoms with Crippen LogP contribution in [0.1, 0.15) is 46.0 Å². The molecular formula is C12H25NS. The van der Waals surface area contributed by atoms with Crippen molar-refractivity contribution in [2.75, 3.05) is 19.3 Å². The molecule has 0 saturated heterocycles. The highest BCUT2D eigenvalue weighted by atomic mass is 32.1. The fraction of sp³-hybridized carbons (Fsp3) is 1.00. The van der Waals surface area contributed by atoms with Gasteiger partial charge in [0, 0.05) is 12.6 Å². The zero-order valence-electron chi connectivity index (χ0n) is 9.92. The molecule has 1 aliphatic carbocycles. The lowest BCUT2D eigenvalue weighted by atomic mass is 9.75. The number of thiol groups is 1. The molecule has 2 heteroatoms. The van der Waals surface area contributed by atoms with Gasteiger partial charge >= 0.3 is 0 Å². The molecular weight excluding hydrogens is 190 g/mol. The maximum Gasteiger partial charge on any atom is 0.00454 e. The molecule has 1 aliphatic rings. The molecule has 0 N–H and O–H groups in total. The van der Waals surface area contributed by atoms with Gasteiger partial charge in [-0.2, -0.15) is 12.6 Å². The lowest BCUT2D eigenvalue weighted by molar-refractivity contribution is 0.125. The van der Waals surface area contributed by atoms with Gasteiger partial charge in [-0.05, 0) is 44.9 Å². The normalized spacial score (nSPS) is 21.9. The largest absolute Gasteiger partial charge is 0.303 e. The molecule has 0 heterocycles. The summed E-state index contributed by atoms with van der Waals surface area (Å²) in [7, 11) is 2.24. The molecule has 14 heavy (non-hydrogen) atoms. The summed E-state index contributed by atoms with van der Waals surface area (Å²) in [6, 6.07) is 0.661.